The van der Waals surface area contributed by atoms with Crippen LogP contribution >= 0.6 is 0 Å². The smallest absolute Gasteiger partial charge is 0.336 e. The quantitative estimate of drug-likeness (QED) is 0.410. The molecule has 2 N–H and O–H groups in total. The Morgan fingerprint density at radius 3 is 1.75 bits per heavy atom. The summed E-state index contributed by atoms with van der Waals surface area (Å²) in [5.41, 5.74) is 4.42. The van der Waals surface area contributed by atoms with Crippen LogP contribution in [-0.4, -0.2) is 22.2 Å². The van der Waals surface area contributed by atoms with E-state index in [-0.39, 0.29) is 11.1 Å². The molecule has 0 aliphatic carbocycles. The topological polar surface area (TPSA) is 74.6 Å². The van der Waals surface area contributed by atoms with Gasteiger partial charge in [0.25, 0.3) is 0 Å². The summed E-state index contributed by atoms with van der Waals surface area (Å²) in [6, 6.07) is 28.9. The predicted octanol–water partition coefficient (Wildman–Crippen LogP) is 5.82. The van der Waals surface area contributed by atoms with Gasteiger partial charge in [0, 0.05) is 11.1 Å². The molecule has 0 fully saturated rings. The summed E-state index contributed by atoms with van der Waals surface area (Å²) in [7, 11) is 0. The highest BCUT2D eigenvalue weighted by Gasteiger charge is 2.16. The van der Waals surface area contributed by atoms with E-state index in [0.29, 0.717) is 16.7 Å². The molecule has 0 aliphatic rings. The fourth-order valence-electron chi connectivity index (χ4n) is 3.51. The highest BCUT2D eigenvalue weighted by molar-refractivity contribution is 6.00. The molecule has 4 rings (SSSR count). The summed E-state index contributed by atoms with van der Waals surface area (Å²) in [6.45, 7) is 0. The standard InChI is InChI=1S/C28H18O4/c29-27(30)22-16-17-25(28(31)32)26(18-22)24-13-7-5-11-21(24)15-14-20-10-4-6-12-23(20)19-8-2-1-3-9-19/h1-13,16-18H,(H,29,30)(H,31,32). The lowest BCUT2D eigenvalue weighted by atomic mass is 9.93. The first-order valence-electron chi connectivity index (χ1n) is 9.91. The third-order valence-corrected chi connectivity index (χ3v) is 5.06. The number of hydrogen-bond donors (Lipinski definition) is 2. The van der Waals surface area contributed by atoms with Gasteiger partial charge in [0.2, 0.25) is 0 Å². The van der Waals surface area contributed by atoms with E-state index in [0.717, 1.165) is 16.7 Å². The van der Waals surface area contributed by atoms with Crippen molar-refractivity contribution in [2.45, 2.75) is 0 Å². The minimum atomic E-state index is -1.13. The number of rotatable bonds is 4. The monoisotopic (exact) mass is 418 g/mol. The average molecular weight is 418 g/mol. The largest absolute Gasteiger partial charge is 0.478 e. The van der Waals surface area contributed by atoms with E-state index >= 15 is 0 Å². The van der Waals surface area contributed by atoms with Crippen LogP contribution in [0, 0.1) is 11.8 Å². The van der Waals surface area contributed by atoms with Gasteiger partial charge < -0.3 is 10.2 Å². The first-order valence-corrected chi connectivity index (χ1v) is 9.91. The van der Waals surface area contributed by atoms with E-state index in [1.54, 1.807) is 18.2 Å². The average Bonchev–Trinajstić information content (AvgIpc) is 2.83. The molecule has 0 bridgehead atoms. The third kappa shape index (κ3) is 4.28. The molecule has 0 aromatic heterocycles. The fraction of sp³-hybridized carbons (Fsp3) is 0. The number of carboxylic acid groups (broad SMARTS) is 2. The summed E-state index contributed by atoms with van der Waals surface area (Å²) in [5.74, 6) is 4.12. The molecule has 0 unspecified atom stereocenters. The second-order valence-electron chi connectivity index (χ2n) is 7.08. The van der Waals surface area contributed by atoms with E-state index in [1.165, 1.54) is 18.2 Å². The van der Waals surface area contributed by atoms with Gasteiger partial charge in [-0.1, -0.05) is 78.6 Å². The zero-order chi connectivity index (χ0) is 22.5. The van der Waals surface area contributed by atoms with E-state index < -0.39 is 11.9 Å². The Morgan fingerprint density at radius 1 is 0.562 bits per heavy atom. The van der Waals surface area contributed by atoms with Gasteiger partial charge >= 0.3 is 11.9 Å². The molecule has 0 radical (unpaired) electrons. The number of carboxylic acids is 2. The Labute approximate surface area is 185 Å². The molecule has 0 atom stereocenters. The van der Waals surface area contributed by atoms with Crippen LogP contribution in [-0.2, 0) is 0 Å². The van der Waals surface area contributed by atoms with Crippen LogP contribution in [0.1, 0.15) is 31.8 Å². The maximum Gasteiger partial charge on any atom is 0.336 e. The Hall–Kier alpha value is -4.62. The second kappa shape index (κ2) is 9.03. The minimum absolute atomic E-state index is 0.0159. The minimum Gasteiger partial charge on any atom is -0.478 e. The Morgan fingerprint density at radius 2 is 1.12 bits per heavy atom. The summed E-state index contributed by atoms with van der Waals surface area (Å²) < 4.78 is 0. The number of carbonyl (C=O) groups is 2. The van der Waals surface area contributed by atoms with Crippen LogP contribution < -0.4 is 0 Å². The van der Waals surface area contributed by atoms with E-state index in [4.69, 9.17) is 0 Å². The van der Waals surface area contributed by atoms with Crippen LogP contribution in [0.25, 0.3) is 22.3 Å². The number of benzene rings is 4. The van der Waals surface area contributed by atoms with Crippen molar-refractivity contribution >= 4 is 11.9 Å². The molecule has 4 aromatic carbocycles. The maximum atomic E-state index is 11.8. The van der Waals surface area contributed by atoms with Gasteiger partial charge in [-0.15, -0.1) is 0 Å². The normalized spacial score (nSPS) is 10.1. The lowest BCUT2D eigenvalue weighted by Gasteiger charge is -2.10. The molecule has 0 spiro atoms. The van der Waals surface area contributed by atoms with Crippen molar-refractivity contribution in [1.29, 1.82) is 0 Å². The highest BCUT2D eigenvalue weighted by Crippen LogP contribution is 2.29. The highest BCUT2D eigenvalue weighted by atomic mass is 16.4. The van der Waals surface area contributed by atoms with Gasteiger partial charge in [0.1, 0.15) is 0 Å². The Bertz CT molecular complexity index is 1380. The summed E-state index contributed by atoms with van der Waals surface area (Å²) >= 11 is 0. The Kier molecular flexibility index (Phi) is 5.83. The van der Waals surface area contributed by atoms with Crippen molar-refractivity contribution in [3.63, 3.8) is 0 Å². The van der Waals surface area contributed by atoms with Crippen molar-refractivity contribution < 1.29 is 19.8 Å². The van der Waals surface area contributed by atoms with Crippen LogP contribution in [0.15, 0.2) is 97.1 Å². The predicted molar refractivity (Wildman–Crippen MR) is 124 cm³/mol. The van der Waals surface area contributed by atoms with Gasteiger partial charge in [-0.3, -0.25) is 0 Å². The molecule has 0 aliphatic heterocycles. The molecule has 0 saturated heterocycles. The number of hydrogen-bond acceptors (Lipinski definition) is 2. The molecule has 154 valence electrons. The first kappa shape index (κ1) is 20.6. The zero-order valence-electron chi connectivity index (χ0n) is 16.9. The van der Waals surface area contributed by atoms with E-state index in [2.05, 4.69) is 11.8 Å². The summed E-state index contributed by atoms with van der Waals surface area (Å²) in [5, 5.41) is 19.0. The van der Waals surface area contributed by atoms with Gasteiger partial charge in [0.15, 0.2) is 0 Å². The zero-order valence-corrected chi connectivity index (χ0v) is 16.9. The van der Waals surface area contributed by atoms with Crippen molar-refractivity contribution in [2.75, 3.05) is 0 Å². The molecule has 4 aromatic rings. The summed E-state index contributed by atoms with van der Waals surface area (Å²) in [4.78, 5) is 23.2. The maximum absolute atomic E-state index is 11.8. The second-order valence-corrected chi connectivity index (χ2v) is 7.08. The van der Waals surface area contributed by atoms with Gasteiger partial charge in [-0.25, -0.2) is 9.59 Å². The molecule has 4 nitrogen and oxygen atoms in total. The van der Waals surface area contributed by atoms with Gasteiger partial charge in [-0.05, 0) is 52.6 Å². The van der Waals surface area contributed by atoms with Gasteiger partial charge in [-0.2, -0.15) is 0 Å². The van der Waals surface area contributed by atoms with Crippen molar-refractivity contribution in [1.82, 2.24) is 0 Å². The van der Waals surface area contributed by atoms with Gasteiger partial charge in [0.05, 0.1) is 11.1 Å². The molecular formula is C28H18O4. The molecule has 0 heterocycles. The summed E-state index contributed by atoms with van der Waals surface area (Å²) in [6.07, 6.45) is 0. The SMILES string of the molecule is O=C(O)c1ccc(C(=O)O)c(-c2ccccc2C#Cc2ccccc2-c2ccccc2)c1. The van der Waals surface area contributed by atoms with Crippen molar-refractivity contribution in [2.24, 2.45) is 0 Å². The van der Waals surface area contributed by atoms with E-state index in [1.807, 2.05) is 60.7 Å². The lowest BCUT2D eigenvalue weighted by molar-refractivity contribution is 0.0682. The van der Waals surface area contributed by atoms with Crippen molar-refractivity contribution in [3.05, 3.63) is 119 Å². The fourth-order valence-corrected chi connectivity index (χ4v) is 3.51. The molecule has 32 heavy (non-hydrogen) atoms. The lowest BCUT2D eigenvalue weighted by Crippen LogP contribution is -2.04. The van der Waals surface area contributed by atoms with Crippen LogP contribution in [0.4, 0.5) is 0 Å². The molecule has 0 saturated carbocycles. The third-order valence-electron chi connectivity index (χ3n) is 5.06. The number of aromatic carboxylic acids is 2. The molecule has 4 heteroatoms. The van der Waals surface area contributed by atoms with E-state index in [9.17, 15) is 19.8 Å². The van der Waals surface area contributed by atoms with Crippen LogP contribution in [0.3, 0.4) is 0 Å². The van der Waals surface area contributed by atoms with Crippen molar-refractivity contribution in [3.8, 4) is 34.1 Å². The first-order chi connectivity index (χ1) is 15.5. The molecular weight excluding hydrogens is 400 g/mol. The van der Waals surface area contributed by atoms with Crippen LogP contribution in [0.2, 0.25) is 0 Å². The Balaban J connectivity index is 1.85. The van der Waals surface area contributed by atoms with Crippen LogP contribution in [0.5, 0.6) is 0 Å². The molecule has 0 amide bonds.